The summed E-state index contributed by atoms with van der Waals surface area (Å²) in [7, 11) is 0. The van der Waals surface area contributed by atoms with Gasteiger partial charge in [0.25, 0.3) is 17.7 Å². The second kappa shape index (κ2) is 26.0. The molecule has 4 aromatic heterocycles. The van der Waals surface area contributed by atoms with Crippen LogP contribution in [0, 0.1) is 20.8 Å². The van der Waals surface area contributed by atoms with Crippen LogP contribution in [0.15, 0.2) is 142 Å². The van der Waals surface area contributed by atoms with Crippen LogP contribution in [0.25, 0.3) is 11.4 Å². The molecule has 21 heteroatoms. The minimum Gasteiger partial charge on any atom is -0.480 e. The second-order valence-corrected chi connectivity index (χ2v) is 22.3. The summed E-state index contributed by atoms with van der Waals surface area (Å²) >= 11 is 3.40. The van der Waals surface area contributed by atoms with Gasteiger partial charge in [-0.25, -0.2) is 19.9 Å². The third kappa shape index (κ3) is 14.6. The minimum atomic E-state index is -1.00. The number of carbonyl (C=O) groups excluding carboxylic acids is 3. The molecule has 3 amide bonds. The Bertz CT molecular complexity index is 3340. The number of H-pyrrole nitrogens is 2. The molecule has 0 saturated heterocycles. The Morgan fingerprint density at radius 2 is 1.04 bits per heavy atom. The quantitative estimate of drug-likeness (QED) is 0.0760. The van der Waals surface area contributed by atoms with Crippen LogP contribution < -0.4 is 21.7 Å². The number of halogens is 1. The van der Waals surface area contributed by atoms with Gasteiger partial charge >= 0.3 is 5.97 Å². The van der Waals surface area contributed by atoms with Gasteiger partial charge in [-0.05, 0) is 134 Å². The molecule has 13 rings (SSSR count). The van der Waals surface area contributed by atoms with Crippen molar-refractivity contribution in [2.75, 3.05) is 0 Å². The van der Waals surface area contributed by atoms with E-state index >= 15 is 0 Å². The summed E-state index contributed by atoms with van der Waals surface area (Å²) in [6, 6.07) is 22.8. The Labute approximate surface area is 479 Å². The number of nitrogens with zero attached hydrogens (tertiary/aromatic N) is 9. The summed E-state index contributed by atoms with van der Waals surface area (Å²) in [5.41, 5.74) is 14.6. The lowest BCUT2D eigenvalue weighted by Crippen LogP contribution is -2.43. The van der Waals surface area contributed by atoms with Gasteiger partial charge in [-0.1, -0.05) is 71.6 Å². The van der Waals surface area contributed by atoms with Crippen molar-refractivity contribution in [2.24, 2.45) is 20.7 Å². The van der Waals surface area contributed by atoms with Gasteiger partial charge in [-0.3, -0.25) is 34.2 Å². The molecular weight excluding hydrogens is 1090 g/mol. The molecule has 422 valence electrons. The fraction of sp³-hybridized carbons (Fsp3) is 0.383. The third-order valence-corrected chi connectivity index (χ3v) is 15.7. The van der Waals surface area contributed by atoms with Crippen molar-refractivity contribution in [2.45, 2.75) is 147 Å². The lowest BCUT2D eigenvalue weighted by Gasteiger charge is -2.30. The normalized spacial score (nSPS) is 18.4. The van der Waals surface area contributed by atoms with Crippen LogP contribution in [-0.4, -0.2) is 108 Å². The standard InChI is InChI=1S/2C18H20N4O.C14H15BrN2O.C6H9N3O2.C4H6N2/c1-13-11-22(12-19-13)15-7-5-14(6-8-15)16-17(23)21-18(20-16)9-3-2-4-10-18;1-13-11-19-12-22(13)15-7-5-14(6-8-15)16-17(23)21-18(20-16)9-3-2-4-10-18;15-11-6-4-10(5-7-11)12-13(18)17-14(16-12)8-2-1-3-9-14;7-5(6(10)11)1-4-2-8-3-9-4;1-4-2-5-3-6-4/h2*5-8,11-12H,2-4,9-10H2,1H3,(H,21,23);4-7H,1-3,8-9H2,(H,17,18);2-3,5H,1,7H2,(H,8,9)(H,10,11);2-3H,1H3,(H,5,6). The number of hydrogen-bond acceptors (Lipinski definition) is 12. The van der Waals surface area contributed by atoms with Gasteiger partial charge in [0.05, 0.1) is 31.0 Å². The van der Waals surface area contributed by atoms with E-state index in [-0.39, 0.29) is 41.1 Å². The zero-order valence-electron chi connectivity index (χ0n) is 46.0. The van der Waals surface area contributed by atoms with Crippen LogP contribution in [0.2, 0.25) is 0 Å². The molecule has 3 spiro atoms. The average molecular weight is 1160 g/mol. The van der Waals surface area contributed by atoms with Gasteiger partial charge < -0.3 is 45.9 Å². The number of amides is 3. The van der Waals surface area contributed by atoms with Crippen LogP contribution in [0.5, 0.6) is 0 Å². The Kier molecular flexibility index (Phi) is 18.4. The highest BCUT2D eigenvalue weighted by Crippen LogP contribution is 2.36. The van der Waals surface area contributed by atoms with Gasteiger partial charge in [-0.15, -0.1) is 0 Å². The molecule has 81 heavy (non-hydrogen) atoms. The number of nitrogens with one attached hydrogen (secondary N) is 5. The van der Waals surface area contributed by atoms with Crippen molar-refractivity contribution in [3.05, 3.63) is 167 Å². The number of imidazole rings is 4. The van der Waals surface area contributed by atoms with Crippen molar-refractivity contribution in [1.29, 1.82) is 0 Å². The van der Waals surface area contributed by atoms with E-state index in [1.54, 1.807) is 31.4 Å². The first kappa shape index (κ1) is 57.5. The maximum Gasteiger partial charge on any atom is 0.320 e. The van der Waals surface area contributed by atoms with Crippen LogP contribution in [0.3, 0.4) is 0 Å². The Hall–Kier alpha value is -8.17. The van der Waals surface area contributed by atoms with Crippen molar-refractivity contribution in [3.63, 3.8) is 0 Å². The molecule has 3 saturated carbocycles. The van der Waals surface area contributed by atoms with E-state index in [2.05, 4.69) is 61.8 Å². The maximum atomic E-state index is 12.4. The molecule has 6 aliphatic rings. The first-order valence-corrected chi connectivity index (χ1v) is 28.5. The molecule has 3 fully saturated rings. The molecule has 1 unspecified atom stereocenters. The fourth-order valence-electron chi connectivity index (χ4n) is 10.8. The smallest absolute Gasteiger partial charge is 0.320 e. The third-order valence-electron chi connectivity index (χ3n) is 15.2. The van der Waals surface area contributed by atoms with E-state index in [0.29, 0.717) is 17.1 Å². The van der Waals surface area contributed by atoms with E-state index in [1.165, 1.54) is 25.6 Å². The number of aryl methyl sites for hydroxylation is 3. The molecular formula is C60H70BrN15O5. The zero-order valence-corrected chi connectivity index (χ0v) is 47.6. The SMILES string of the molecule is Cc1cn(-c2ccc(C3=NC4(CCCCC4)NC3=O)cc2)cn1.Cc1cnc[nH]1.Cc1cncn1-c1ccc(C2=NC3(CCCCC3)NC2=O)cc1.NC(Cc1cnc[nH]1)C(=O)O.O=C1NC2(CCCCC2)N=C1c1ccc(Br)cc1. The first-order valence-electron chi connectivity index (χ1n) is 27.7. The molecule has 1 atom stereocenters. The Morgan fingerprint density at radius 3 is 1.40 bits per heavy atom. The molecule has 0 radical (unpaired) electrons. The van der Waals surface area contributed by atoms with E-state index in [9.17, 15) is 19.2 Å². The molecule has 3 aromatic carbocycles. The number of carbonyl (C=O) groups is 4. The van der Waals surface area contributed by atoms with Crippen LogP contribution in [0.1, 0.15) is 136 Å². The average Bonchev–Trinajstić information content (AvgIpc) is 4.53. The summed E-state index contributed by atoms with van der Waals surface area (Å²) in [5.74, 6) is -1.12. The van der Waals surface area contributed by atoms with E-state index in [1.807, 2.05) is 115 Å². The van der Waals surface area contributed by atoms with Gasteiger partial charge in [0.15, 0.2) is 0 Å². The van der Waals surface area contributed by atoms with Crippen molar-refractivity contribution in [3.8, 4) is 11.4 Å². The number of carboxylic acid groups (broad SMARTS) is 1. The highest BCUT2D eigenvalue weighted by Gasteiger charge is 2.42. The minimum absolute atomic E-state index is 0.0285. The molecule has 0 bridgehead atoms. The first-order chi connectivity index (χ1) is 39.1. The number of hydrogen-bond donors (Lipinski definition) is 7. The predicted octanol–water partition coefficient (Wildman–Crippen LogP) is 8.63. The summed E-state index contributed by atoms with van der Waals surface area (Å²) in [4.78, 5) is 82.8. The van der Waals surface area contributed by atoms with Crippen LogP contribution in [0.4, 0.5) is 0 Å². The highest BCUT2D eigenvalue weighted by atomic mass is 79.9. The van der Waals surface area contributed by atoms with Crippen LogP contribution >= 0.6 is 15.9 Å². The van der Waals surface area contributed by atoms with Crippen molar-refractivity contribution >= 4 is 56.8 Å². The Balaban J connectivity index is 0.000000129. The largest absolute Gasteiger partial charge is 0.480 e. The van der Waals surface area contributed by atoms with Crippen molar-refractivity contribution in [1.82, 2.24) is 55.0 Å². The summed E-state index contributed by atoms with van der Waals surface area (Å²) < 4.78 is 5.00. The van der Waals surface area contributed by atoms with Gasteiger partial charge in [0.2, 0.25) is 0 Å². The predicted molar refractivity (Wildman–Crippen MR) is 313 cm³/mol. The monoisotopic (exact) mass is 1160 g/mol. The molecule has 7 heterocycles. The second-order valence-electron chi connectivity index (χ2n) is 21.4. The number of carboxylic acids is 1. The zero-order chi connectivity index (χ0) is 57.0. The van der Waals surface area contributed by atoms with Crippen LogP contribution in [-0.2, 0) is 25.6 Å². The highest BCUT2D eigenvalue weighted by molar-refractivity contribution is 9.10. The number of aliphatic imine (C=N–C) groups is 3. The van der Waals surface area contributed by atoms with E-state index in [0.717, 1.165) is 132 Å². The Morgan fingerprint density at radius 1 is 0.593 bits per heavy atom. The number of rotatable bonds is 8. The van der Waals surface area contributed by atoms with E-state index < -0.39 is 12.0 Å². The topological polar surface area (TPSA) is 281 Å². The molecule has 20 nitrogen and oxygen atoms in total. The lowest BCUT2D eigenvalue weighted by molar-refractivity contribution is -0.138. The molecule has 8 N–H and O–H groups in total. The number of aromatic nitrogens is 8. The summed E-state index contributed by atoms with van der Waals surface area (Å²) in [6.07, 6.45) is 30.5. The maximum absolute atomic E-state index is 12.4. The number of aromatic amines is 2. The summed E-state index contributed by atoms with van der Waals surface area (Å²) in [5, 5.41) is 17.7. The molecule has 7 aromatic rings. The number of nitrogens with two attached hydrogens (primary N) is 1. The molecule has 3 aliphatic heterocycles. The van der Waals surface area contributed by atoms with Gasteiger partial charge in [0, 0.05) is 80.8 Å². The summed E-state index contributed by atoms with van der Waals surface area (Å²) in [6.45, 7) is 5.95. The van der Waals surface area contributed by atoms with E-state index in [4.69, 9.17) is 25.8 Å². The van der Waals surface area contributed by atoms with Gasteiger partial charge in [-0.2, -0.15) is 0 Å². The fourth-order valence-corrected chi connectivity index (χ4v) is 11.1. The number of aliphatic carboxylic acids is 1. The molecule has 3 aliphatic carbocycles. The lowest BCUT2D eigenvalue weighted by atomic mass is 9.90. The number of benzene rings is 3. The van der Waals surface area contributed by atoms with Crippen molar-refractivity contribution < 1.29 is 24.3 Å². The van der Waals surface area contributed by atoms with Gasteiger partial charge in [0.1, 0.15) is 40.2 Å².